The molecule has 0 aliphatic heterocycles. The Bertz CT molecular complexity index is 767. The lowest BCUT2D eigenvalue weighted by Crippen LogP contribution is -2.24. The molecule has 2 aromatic heterocycles. The molecule has 1 aromatic carbocycles. The van der Waals surface area contributed by atoms with Crippen molar-refractivity contribution in [3.05, 3.63) is 63.1 Å². The SMILES string of the molecule is O=C(Cc1coc(-c2ccccc2)n1)NCc1ccc(Br)s1. The first-order valence-electron chi connectivity index (χ1n) is 6.71. The van der Waals surface area contributed by atoms with Gasteiger partial charge in [0, 0.05) is 10.4 Å². The summed E-state index contributed by atoms with van der Waals surface area (Å²) in [4.78, 5) is 17.4. The highest BCUT2D eigenvalue weighted by atomic mass is 79.9. The summed E-state index contributed by atoms with van der Waals surface area (Å²) in [6.07, 6.45) is 1.74. The van der Waals surface area contributed by atoms with E-state index in [2.05, 4.69) is 26.2 Å². The number of rotatable bonds is 5. The topological polar surface area (TPSA) is 55.1 Å². The summed E-state index contributed by atoms with van der Waals surface area (Å²) in [5, 5.41) is 2.88. The van der Waals surface area contributed by atoms with Crippen LogP contribution in [0.5, 0.6) is 0 Å². The van der Waals surface area contributed by atoms with Gasteiger partial charge in [-0.05, 0) is 40.2 Å². The quantitative estimate of drug-likeness (QED) is 0.731. The van der Waals surface area contributed by atoms with Gasteiger partial charge in [0.15, 0.2) is 0 Å². The molecule has 0 aliphatic carbocycles. The molecule has 0 unspecified atom stereocenters. The van der Waals surface area contributed by atoms with E-state index in [1.165, 1.54) is 6.26 Å². The Hall–Kier alpha value is -1.92. The molecule has 0 aliphatic rings. The van der Waals surface area contributed by atoms with E-state index in [4.69, 9.17) is 4.42 Å². The first kappa shape index (κ1) is 15.0. The number of aromatic nitrogens is 1. The number of nitrogens with zero attached hydrogens (tertiary/aromatic N) is 1. The third-order valence-corrected chi connectivity index (χ3v) is 4.63. The number of benzene rings is 1. The molecule has 1 amide bonds. The number of oxazole rings is 1. The highest BCUT2D eigenvalue weighted by Gasteiger charge is 2.10. The van der Waals surface area contributed by atoms with Crippen LogP contribution in [0.2, 0.25) is 0 Å². The minimum absolute atomic E-state index is 0.0718. The minimum Gasteiger partial charge on any atom is -0.444 e. The van der Waals surface area contributed by atoms with Crippen LogP contribution in [0.15, 0.2) is 56.9 Å². The molecule has 0 radical (unpaired) electrons. The van der Waals surface area contributed by atoms with Crippen LogP contribution in [-0.4, -0.2) is 10.9 Å². The van der Waals surface area contributed by atoms with Crippen LogP contribution in [0.25, 0.3) is 11.5 Å². The molecule has 4 nitrogen and oxygen atoms in total. The number of amides is 1. The number of thiophene rings is 1. The second kappa shape index (κ2) is 6.89. The molecule has 112 valence electrons. The van der Waals surface area contributed by atoms with Crippen LogP contribution in [0.3, 0.4) is 0 Å². The standard InChI is InChI=1S/C16H13BrN2O2S/c17-14-7-6-13(22-14)9-18-15(20)8-12-10-21-16(19-12)11-4-2-1-3-5-11/h1-7,10H,8-9H2,(H,18,20). The Morgan fingerprint density at radius 2 is 2.05 bits per heavy atom. The number of carbonyl (C=O) groups is 1. The fourth-order valence-corrected chi connectivity index (χ4v) is 3.38. The summed E-state index contributed by atoms with van der Waals surface area (Å²) >= 11 is 5.01. The number of nitrogens with one attached hydrogen (secondary N) is 1. The van der Waals surface area contributed by atoms with Crippen molar-refractivity contribution in [2.45, 2.75) is 13.0 Å². The Morgan fingerprint density at radius 3 is 2.77 bits per heavy atom. The van der Waals surface area contributed by atoms with Gasteiger partial charge in [0.1, 0.15) is 6.26 Å². The monoisotopic (exact) mass is 376 g/mol. The zero-order valence-electron chi connectivity index (χ0n) is 11.6. The van der Waals surface area contributed by atoms with Gasteiger partial charge >= 0.3 is 0 Å². The molecular weight excluding hydrogens is 364 g/mol. The van der Waals surface area contributed by atoms with E-state index in [0.717, 1.165) is 14.2 Å². The Kier molecular flexibility index (Phi) is 4.70. The second-order valence-electron chi connectivity index (χ2n) is 4.67. The smallest absolute Gasteiger partial charge is 0.226 e. The average Bonchev–Trinajstić information content (AvgIpc) is 3.15. The third kappa shape index (κ3) is 3.84. The van der Waals surface area contributed by atoms with E-state index < -0.39 is 0 Å². The number of hydrogen-bond acceptors (Lipinski definition) is 4. The van der Waals surface area contributed by atoms with Crippen molar-refractivity contribution in [1.82, 2.24) is 10.3 Å². The third-order valence-electron chi connectivity index (χ3n) is 3.00. The molecule has 0 saturated carbocycles. The van der Waals surface area contributed by atoms with Crippen molar-refractivity contribution in [3.8, 4) is 11.5 Å². The fourth-order valence-electron chi connectivity index (χ4n) is 1.96. The molecular formula is C16H13BrN2O2S. The summed E-state index contributed by atoms with van der Waals surface area (Å²) in [5.74, 6) is 0.461. The number of carbonyl (C=O) groups excluding carboxylic acids is 1. The maximum absolute atomic E-state index is 11.9. The van der Waals surface area contributed by atoms with Gasteiger partial charge in [0.05, 0.1) is 22.4 Å². The largest absolute Gasteiger partial charge is 0.444 e. The molecule has 1 N–H and O–H groups in total. The van der Waals surface area contributed by atoms with Gasteiger partial charge in [-0.1, -0.05) is 18.2 Å². The molecule has 0 fully saturated rings. The van der Waals surface area contributed by atoms with E-state index in [9.17, 15) is 4.79 Å². The number of hydrogen-bond donors (Lipinski definition) is 1. The lowest BCUT2D eigenvalue weighted by Gasteiger charge is -2.01. The molecule has 6 heteroatoms. The van der Waals surface area contributed by atoms with Crippen LogP contribution >= 0.6 is 27.3 Å². The highest BCUT2D eigenvalue weighted by Crippen LogP contribution is 2.22. The van der Waals surface area contributed by atoms with E-state index in [1.807, 2.05) is 42.5 Å². The molecule has 22 heavy (non-hydrogen) atoms. The van der Waals surface area contributed by atoms with Crippen molar-refractivity contribution in [2.24, 2.45) is 0 Å². The van der Waals surface area contributed by atoms with Gasteiger partial charge in [0.25, 0.3) is 0 Å². The normalized spacial score (nSPS) is 10.6. The van der Waals surface area contributed by atoms with Crippen molar-refractivity contribution in [2.75, 3.05) is 0 Å². The zero-order chi connectivity index (χ0) is 15.4. The summed E-state index contributed by atoms with van der Waals surface area (Å²) in [5.41, 5.74) is 1.53. The van der Waals surface area contributed by atoms with Crippen molar-refractivity contribution >= 4 is 33.2 Å². The van der Waals surface area contributed by atoms with E-state index in [0.29, 0.717) is 18.1 Å². The van der Waals surface area contributed by atoms with Gasteiger partial charge in [-0.2, -0.15) is 0 Å². The van der Waals surface area contributed by atoms with E-state index in [-0.39, 0.29) is 12.3 Å². The Morgan fingerprint density at radius 1 is 1.23 bits per heavy atom. The van der Waals surface area contributed by atoms with Gasteiger partial charge in [-0.25, -0.2) is 4.98 Å². The molecule has 0 spiro atoms. The predicted molar refractivity (Wildman–Crippen MR) is 89.5 cm³/mol. The van der Waals surface area contributed by atoms with Crippen LogP contribution in [0, 0.1) is 0 Å². The highest BCUT2D eigenvalue weighted by molar-refractivity contribution is 9.11. The Balaban J connectivity index is 1.57. The van der Waals surface area contributed by atoms with Gasteiger partial charge in [0.2, 0.25) is 11.8 Å². The first-order chi connectivity index (χ1) is 10.7. The molecule has 0 saturated heterocycles. The molecule has 3 aromatic rings. The molecule has 2 heterocycles. The average molecular weight is 377 g/mol. The van der Waals surface area contributed by atoms with Crippen LogP contribution in [0.4, 0.5) is 0 Å². The maximum atomic E-state index is 11.9. The van der Waals surface area contributed by atoms with Crippen molar-refractivity contribution in [1.29, 1.82) is 0 Å². The van der Waals surface area contributed by atoms with Crippen LogP contribution in [0.1, 0.15) is 10.6 Å². The van der Waals surface area contributed by atoms with Crippen molar-refractivity contribution in [3.63, 3.8) is 0 Å². The molecule has 0 bridgehead atoms. The maximum Gasteiger partial charge on any atom is 0.226 e. The minimum atomic E-state index is -0.0718. The summed E-state index contributed by atoms with van der Waals surface area (Å²) in [6.45, 7) is 0.526. The summed E-state index contributed by atoms with van der Waals surface area (Å²) < 4.78 is 6.48. The van der Waals surface area contributed by atoms with E-state index in [1.54, 1.807) is 11.3 Å². The zero-order valence-corrected chi connectivity index (χ0v) is 14.0. The van der Waals surface area contributed by atoms with E-state index >= 15 is 0 Å². The lowest BCUT2D eigenvalue weighted by atomic mass is 10.2. The summed E-state index contributed by atoms with van der Waals surface area (Å²) in [7, 11) is 0. The Labute approximate surface area is 140 Å². The molecule has 3 rings (SSSR count). The predicted octanol–water partition coefficient (Wildman–Crippen LogP) is 4.02. The second-order valence-corrected chi connectivity index (χ2v) is 7.22. The van der Waals surface area contributed by atoms with Crippen LogP contribution < -0.4 is 5.32 Å². The first-order valence-corrected chi connectivity index (χ1v) is 8.32. The van der Waals surface area contributed by atoms with Gasteiger partial charge < -0.3 is 9.73 Å². The molecule has 0 atom stereocenters. The van der Waals surface area contributed by atoms with Gasteiger partial charge in [-0.3, -0.25) is 4.79 Å². The lowest BCUT2D eigenvalue weighted by molar-refractivity contribution is -0.120. The van der Waals surface area contributed by atoms with Crippen LogP contribution in [-0.2, 0) is 17.8 Å². The van der Waals surface area contributed by atoms with Gasteiger partial charge in [-0.15, -0.1) is 11.3 Å². The summed E-state index contributed by atoms with van der Waals surface area (Å²) in [6, 6.07) is 13.6. The van der Waals surface area contributed by atoms with Crippen molar-refractivity contribution < 1.29 is 9.21 Å². The fraction of sp³-hybridized carbons (Fsp3) is 0.125. The number of halogens is 1.